The molecular formula is C19H30N2O5S. The third-order valence-electron chi connectivity index (χ3n) is 5.76. The van der Waals surface area contributed by atoms with Gasteiger partial charge >= 0.3 is 0 Å². The molecular weight excluding hydrogens is 368 g/mol. The molecule has 0 radical (unpaired) electrons. The largest absolute Gasteiger partial charge is 0.396 e. The highest BCUT2D eigenvalue weighted by Gasteiger charge is 2.33. The predicted octanol–water partition coefficient (Wildman–Crippen LogP) is 1.69. The van der Waals surface area contributed by atoms with E-state index in [0.717, 1.165) is 18.5 Å². The average molecular weight is 399 g/mol. The zero-order chi connectivity index (χ0) is 19.3. The maximum atomic E-state index is 13.0. The van der Waals surface area contributed by atoms with Crippen molar-refractivity contribution in [2.24, 2.45) is 5.92 Å². The SMILES string of the molecule is COC1(CNc2cccc(S(=O)(=O)N3CCC(CO)CC3)c2)CCOCC1. The number of hydrogen-bond acceptors (Lipinski definition) is 6. The van der Waals surface area contributed by atoms with E-state index in [1.807, 2.05) is 6.07 Å². The summed E-state index contributed by atoms with van der Waals surface area (Å²) in [7, 11) is -1.81. The van der Waals surface area contributed by atoms with Crippen molar-refractivity contribution in [1.29, 1.82) is 0 Å². The predicted molar refractivity (Wildman–Crippen MR) is 103 cm³/mol. The van der Waals surface area contributed by atoms with Crippen molar-refractivity contribution in [3.63, 3.8) is 0 Å². The summed E-state index contributed by atoms with van der Waals surface area (Å²) in [6, 6.07) is 6.97. The molecule has 0 aromatic heterocycles. The van der Waals surface area contributed by atoms with Crippen LogP contribution in [0.2, 0.25) is 0 Å². The van der Waals surface area contributed by atoms with Crippen LogP contribution in [0.3, 0.4) is 0 Å². The van der Waals surface area contributed by atoms with Gasteiger partial charge in [-0.05, 0) is 37.0 Å². The lowest BCUT2D eigenvalue weighted by atomic mass is 9.94. The second kappa shape index (κ2) is 8.87. The van der Waals surface area contributed by atoms with Crippen LogP contribution < -0.4 is 5.32 Å². The highest BCUT2D eigenvalue weighted by molar-refractivity contribution is 7.89. The summed E-state index contributed by atoms with van der Waals surface area (Å²) in [5.41, 5.74) is 0.489. The number of aliphatic hydroxyl groups excluding tert-OH is 1. The monoisotopic (exact) mass is 398 g/mol. The van der Waals surface area contributed by atoms with E-state index < -0.39 is 10.0 Å². The molecule has 3 rings (SSSR count). The second-order valence-electron chi connectivity index (χ2n) is 7.41. The van der Waals surface area contributed by atoms with Crippen LogP contribution in [-0.4, -0.2) is 70.0 Å². The lowest BCUT2D eigenvalue weighted by Gasteiger charge is -2.36. The Morgan fingerprint density at radius 3 is 2.63 bits per heavy atom. The molecule has 8 heteroatoms. The number of piperidine rings is 1. The third kappa shape index (κ3) is 4.81. The van der Waals surface area contributed by atoms with E-state index in [-0.39, 0.29) is 18.1 Å². The number of sulfonamides is 1. The van der Waals surface area contributed by atoms with Gasteiger partial charge in [0.2, 0.25) is 10.0 Å². The van der Waals surface area contributed by atoms with Gasteiger partial charge in [0.05, 0.1) is 10.5 Å². The average Bonchev–Trinajstić information content (AvgIpc) is 2.73. The van der Waals surface area contributed by atoms with Crippen LogP contribution in [0.1, 0.15) is 25.7 Å². The second-order valence-corrected chi connectivity index (χ2v) is 9.35. The lowest BCUT2D eigenvalue weighted by molar-refractivity contribution is -0.0807. The van der Waals surface area contributed by atoms with Gasteiger partial charge < -0.3 is 19.9 Å². The molecule has 1 aromatic carbocycles. The molecule has 2 aliphatic heterocycles. The molecule has 2 saturated heterocycles. The van der Waals surface area contributed by atoms with E-state index in [9.17, 15) is 13.5 Å². The Hall–Kier alpha value is -1.19. The molecule has 2 N–H and O–H groups in total. The van der Waals surface area contributed by atoms with Crippen molar-refractivity contribution in [3.05, 3.63) is 24.3 Å². The molecule has 0 bridgehead atoms. The zero-order valence-corrected chi connectivity index (χ0v) is 16.7. The highest BCUT2D eigenvalue weighted by Crippen LogP contribution is 2.27. The standard InChI is InChI=1S/C19H30N2O5S/c1-25-19(7-11-26-12-8-19)15-20-17-3-2-4-18(13-17)27(23,24)21-9-5-16(14-22)6-10-21/h2-4,13,16,20,22H,5-12,14-15H2,1H3. The van der Waals surface area contributed by atoms with Crippen molar-refractivity contribution in [3.8, 4) is 0 Å². The number of rotatable bonds is 7. The first-order valence-electron chi connectivity index (χ1n) is 9.57. The molecule has 152 valence electrons. The van der Waals surface area contributed by atoms with Crippen LogP contribution in [-0.2, 0) is 19.5 Å². The molecule has 0 spiro atoms. The molecule has 0 unspecified atom stereocenters. The number of aliphatic hydroxyl groups is 1. The zero-order valence-electron chi connectivity index (χ0n) is 15.9. The van der Waals surface area contributed by atoms with Crippen LogP contribution in [0, 0.1) is 5.92 Å². The molecule has 27 heavy (non-hydrogen) atoms. The topological polar surface area (TPSA) is 88.1 Å². The Bertz CT molecular complexity index is 711. The normalized spacial score (nSPS) is 21.9. The Morgan fingerprint density at radius 2 is 2.00 bits per heavy atom. The first-order chi connectivity index (χ1) is 13.0. The summed E-state index contributed by atoms with van der Waals surface area (Å²) in [5.74, 6) is 0.203. The van der Waals surface area contributed by atoms with E-state index in [4.69, 9.17) is 9.47 Å². The van der Waals surface area contributed by atoms with Gasteiger partial charge in [-0.3, -0.25) is 0 Å². The van der Waals surface area contributed by atoms with Gasteiger partial charge in [0, 0.05) is 65.1 Å². The summed E-state index contributed by atoms with van der Waals surface area (Å²) in [6.45, 7) is 3.00. The van der Waals surface area contributed by atoms with Crippen LogP contribution in [0.4, 0.5) is 5.69 Å². The van der Waals surface area contributed by atoms with E-state index in [1.165, 1.54) is 4.31 Å². The minimum absolute atomic E-state index is 0.125. The van der Waals surface area contributed by atoms with E-state index in [2.05, 4.69) is 5.32 Å². The fourth-order valence-electron chi connectivity index (χ4n) is 3.71. The molecule has 0 amide bonds. The summed E-state index contributed by atoms with van der Waals surface area (Å²) >= 11 is 0. The van der Waals surface area contributed by atoms with Gasteiger partial charge in [0.1, 0.15) is 0 Å². The van der Waals surface area contributed by atoms with E-state index >= 15 is 0 Å². The van der Waals surface area contributed by atoms with Crippen LogP contribution >= 0.6 is 0 Å². The first-order valence-corrected chi connectivity index (χ1v) is 11.0. The number of nitrogens with zero attached hydrogens (tertiary/aromatic N) is 1. The Balaban J connectivity index is 1.67. The Kier molecular flexibility index (Phi) is 6.75. The van der Waals surface area contributed by atoms with Crippen LogP contribution in [0.25, 0.3) is 0 Å². The number of hydrogen-bond donors (Lipinski definition) is 2. The maximum Gasteiger partial charge on any atom is 0.243 e. The van der Waals surface area contributed by atoms with Gasteiger partial charge in [-0.15, -0.1) is 0 Å². The number of benzene rings is 1. The van der Waals surface area contributed by atoms with E-state index in [0.29, 0.717) is 50.6 Å². The number of ether oxygens (including phenoxy) is 2. The van der Waals surface area contributed by atoms with Crippen molar-refractivity contribution >= 4 is 15.7 Å². The molecule has 7 nitrogen and oxygen atoms in total. The summed E-state index contributed by atoms with van der Waals surface area (Å²) in [4.78, 5) is 0.299. The minimum atomic E-state index is -3.52. The smallest absolute Gasteiger partial charge is 0.243 e. The summed E-state index contributed by atoms with van der Waals surface area (Å²) in [6.07, 6.45) is 3.03. The van der Waals surface area contributed by atoms with Crippen LogP contribution in [0.5, 0.6) is 0 Å². The molecule has 2 aliphatic rings. The quantitative estimate of drug-likeness (QED) is 0.727. The van der Waals surface area contributed by atoms with Gasteiger partial charge in [-0.2, -0.15) is 4.31 Å². The number of methoxy groups -OCH3 is 1. The Morgan fingerprint density at radius 1 is 1.30 bits per heavy atom. The summed E-state index contributed by atoms with van der Waals surface area (Å²) < 4.78 is 38.6. The molecule has 0 saturated carbocycles. The van der Waals surface area contributed by atoms with E-state index in [1.54, 1.807) is 25.3 Å². The summed E-state index contributed by atoms with van der Waals surface area (Å²) in [5, 5.41) is 12.6. The third-order valence-corrected chi connectivity index (χ3v) is 7.65. The van der Waals surface area contributed by atoms with Crippen molar-refractivity contribution < 1.29 is 23.0 Å². The van der Waals surface area contributed by atoms with Gasteiger partial charge in [0.15, 0.2) is 0 Å². The first kappa shape index (κ1) is 20.5. The van der Waals surface area contributed by atoms with Crippen molar-refractivity contribution in [2.75, 3.05) is 51.9 Å². The number of anilines is 1. The molecule has 1 aromatic rings. The maximum absolute atomic E-state index is 13.0. The molecule has 0 aliphatic carbocycles. The fraction of sp³-hybridized carbons (Fsp3) is 0.684. The van der Waals surface area contributed by atoms with Gasteiger partial charge in [-0.25, -0.2) is 8.42 Å². The lowest BCUT2D eigenvalue weighted by Crippen LogP contribution is -2.44. The number of nitrogens with one attached hydrogen (secondary N) is 1. The minimum Gasteiger partial charge on any atom is -0.396 e. The van der Waals surface area contributed by atoms with Crippen molar-refractivity contribution in [1.82, 2.24) is 4.31 Å². The van der Waals surface area contributed by atoms with Crippen molar-refractivity contribution in [2.45, 2.75) is 36.2 Å². The highest BCUT2D eigenvalue weighted by atomic mass is 32.2. The van der Waals surface area contributed by atoms with Gasteiger partial charge in [-0.1, -0.05) is 6.07 Å². The fourth-order valence-corrected chi connectivity index (χ4v) is 5.22. The van der Waals surface area contributed by atoms with Crippen LogP contribution in [0.15, 0.2) is 29.2 Å². The molecule has 2 heterocycles. The molecule has 0 atom stereocenters. The van der Waals surface area contributed by atoms with Gasteiger partial charge in [0.25, 0.3) is 0 Å². The Labute approximate surface area is 161 Å². The molecule has 2 fully saturated rings.